The molecule has 168 valence electrons. The van der Waals surface area contributed by atoms with E-state index in [1.165, 1.54) is 12.1 Å². The van der Waals surface area contributed by atoms with Gasteiger partial charge in [0, 0.05) is 16.9 Å². The molecule has 0 bridgehead atoms. The number of rotatable bonds is 10. The Bertz CT molecular complexity index is 1130. The fourth-order valence-electron chi connectivity index (χ4n) is 2.84. The van der Waals surface area contributed by atoms with Crippen molar-refractivity contribution in [3.05, 3.63) is 78.4 Å². The lowest BCUT2D eigenvalue weighted by atomic mass is 10.2. The van der Waals surface area contributed by atoms with E-state index >= 15 is 0 Å². The maximum atomic E-state index is 12.6. The molecule has 0 spiro atoms. The highest BCUT2D eigenvalue weighted by molar-refractivity contribution is 7.92. The molecule has 2 N–H and O–H groups in total. The number of nitrogens with one attached hydrogen (secondary N) is 2. The van der Waals surface area contributed by atoms with Crippen LogP contribution in [0.25, 0.3) is 0 Å². The molecule has 0 fully saturated rings. The first kappa shape index (κ1) is 23.1. The van der Waals surface area contributed by atoms with Crippen LogP contribution in [-0.4, -0.2) is 27.5 Å². The Morgan fingerprint density at radius 3 is 1.94 bits per heavy atom. The van der Waals surface area contributed by atoms with Crippen molar-refractivity contribution >= 4 is 27.3 Å². The van der Waals surface area contributed by atoms with E-state index in [1.807, 2.05) is 13.8 Å². The number of hydrogen-bond acceptors (Lipinski definition) is 5. The number of carbonyl (C=O) groups is 1. The second kappa shape index (κ2) is 10.7. The van der Waals surface area contributed by atoms with E-state index in [0.29, 0.717) is 41.7 Å². The van der Waals surface area contributed by atoms with Crippen molar-refractivity contribution in [1.82, 2.24) is 0 Å². The van der Waals surface area contributed by atoms with E-state index in [4.69, 9.17) is 9.47 Å². The van der Waals surface area contributed by atoms with Crippen molar-refractivity contribution in [1.29, 1.82) is 0 Å². The summed E-state index contributed by atoms with van der Waals surface area (Å²) in [6.07, 6.45) is 0.906. The molecular formula is C24H26N2O5S. The molecule has 0 aliphatic heterocycles. The van der Waals surface area contributed by atoms with Gasteiger partial charge in [0.1, 0.15) is 11.5 Å². The Labute approximate surface area is 188 Å². The predicted molar refractivity (Wildman–Crippen MR) is 125 cm³/mol. The highest BCUT2D eigenvalue weighted by Gasteiger charge is 2.15. The van der Waals surface area contributed by atoms with Gasteiger partial charge in [0.2, 0.25) is 0 Å². The molecule has 0 aromatic heterocycles. The Kier molecular flexibility index (Phi) is 7.72. The lowest BCUT2D eigenvalue weighted by molar-refractivity contribution is 0.102. The third-order valence-electron chi connectivity index (χ3n) is 4.43. The van der Waals surface area contributed by atoms with Gasteiger partial charge in [-0.1, -0.05) is 6.92 Å². The molecule has 3 rings (SSSR count). The molecule has 0 heterocycles. The van der Waals surface area contributed by atoms with Gasteiger partial charge in [-0.2, -0.15) is 0 Å². The summed E-state index contributed by atoms with van der Waals surface area (Å²) in [6.45, 7) is 5.05. The Morgan fingerprint density at radius 2 is 1.34 bits per heavy atom. The van der Waals surface area contributed by atoms with Crippen LogP contribution in [0.2, 0.25) is 0 Å². The largest absolute Gasteiger partial charge is 0.494 e. The van der Waals surface area contributed by atoms with Crippen LogP contribution in [-0.2, 0) is 10.0 Å². The summed E-state index contributed by atoms with van der Waals surface area (Å²) >= 11 is 0. The van der Waals surface area contributed by atoms with Gasteiger partial charge in [0.05, 0.1) is 18.1 Å². The topological polar surface area (TPSA) is 93.7 Å². The molecule has 8 heteroatoms. The molecular weight excluding hydrogens is 428 g/mol. The molecule has 0 saturated heterocycles. The first-order valence-corrected chi connectivity index (χ1v) is 11.8. The Balaban J connectivity index is 1.62. The van der Waals surface area contributed by atoms with Crippen LogP contribution < -0.4 is 19.5 Å². The molecule has 0 unspecified atom stereocenters. The lowest BCUT2D eigenvalue weighted by Crippen LogP contribution is -2.14. The summed E-state index contributed by atoms with van der Waals surface area (Å²) in [7, 11) is -3.77. The maximum Gasteiger partial charge on any atom is 0.261 e. The van der Waals surface area contributed by atoms with Gasteiger partial charge in [-0.3, -0.25) is 9.52 Å². The van der Waals surface area contributed by atoms with Crippen molar-refractivity contribution in [2.75, 3.05) is 23.3 Å². The van der Waals surface area contributed by atoms with Gasteiger partial charge in [-0.15, -0.1) is 0 Å². The van der Waals surface area contributed by atoms with Crippen LogP contribution in [0.4, 0.5) is 11.4 Å². The fraction of sp³-hybridized carbons (Fsp3) is 0.208. The number of ether oxygens (including phenoxy) is 2. The molecule has 7 nitrogen and oxygen atoms in total. The van der Waals surface area contributed by atoms with Crippen LogP contribution in [0, 0.1) is 0 Å². The summed E-state index contributed by atoms with van der Waals surface area (Å²) in [5.74, 6) is 1.08. The number of carbonyl (C=O) groups excluding carboxylic acids is 1. The lowest BCUT2D eigenvalue weighted by Gasteiger charge is -2.11. The van der Waals surface area contributed by atoms with Crippen LogP contribution >= 0.6 is 0 Å². The Hall–Kier alpha value is -3.52. The van der Waals surface area contributed by atoms with E-state index in [0.717, 1.165) is 6.42 Å². The molecule has 32 heavy (non-hydrogen) atoms. The molecule has 0 atom stereocenters. The zero-order chi connectivity index (χ0) is 23.0. The van der Waals surface area contributed by atoms with Gasteiger partial charge in [-0.05, 0) is 86.1 Å². The standard InChI is InChI=1S/C24H26N2O5S/c1-3-17-31-22-11-5-18(6-12-22)24(27)25-19-9-15-23(16-10-19)32(28,29)26-20-7-13-21(14-8-20)30-4-2/h5-16,26H,3-4,17H2,1-2H3,(H,25,27). The number of anilines is 2. The van der Waals surface area contributed by atoms with Crippen LogP contribution in [0.5, 0.6) is 11.5 Å². The molecule has 1 amide bonds. The number of sulfonamides is 1. The van der Waals surface area contributed by atoms with E-state index in [-0.39, 0.29) is 10.8 Å². The molecule has 0 aliphatic carbocycles. The van der Waals surface area contributed by atoms with Gasteiger partial charge < -0.3 is 14.8 Å². The summed E-state index contributed by atoms with van der Waals surface area (Å²) < 4.78 is 38.7. The van der Waals surface area contributed by atoms with Gasteiger partial charge in [-0.25, -0.2) is 8.42 Å². The second-order valence-electron chi connectivity index (χ2n) is 6.91. The maximum absolute atomic E-state index is 12.6. The van der Waals surface area contributed by atoms with E-state index in [2.05, 4.69) is 10.0 Å². The van der Waals surface area contributed by atoms with Crippen LogP contribution in [0.3, 0.4) is 0 Å². The number of amides is 1. The number of hydrogen-bond donors (Lipinski definition) is 2. The predicted octanol–water partition coefficient (Wildman–Crippen LogP) is 4.93. The fourth-order valence-corrected chi connectivity index (χ4v) is 3.90. The summed E-state index contributed by atoms with van der Waals surface area (Å²) in [5, 5.41) is 2.76. The average molecular weight is 455 g/mol. The van der Waals surface area contributed by atoms with Crippen molar-refractivity contribution in [2.24, 2.45) is 0 Å². The molecule has 3 aromatic rings. The normalized spacial score (nSPS) is 10.9. The minimum absolute atomic E-state index is 0.0850. The van der Waals surface area contributed by atoms with Gasteiger partial charge >= 0.3 is 0 Å². The molecule has 0 aliphatic rings. The zero-order valence-electron chi connectivity index (χ0n) is 18.0. The first-order valence-electron chi connectivity index (χ1n) is 10.3. The SMILES string of the molecule is CCCOc1ccc(C(=O)Nc2ccc(S(=O)(=O)Nc3ccc(OCC)cc3)cc2)cc1. The summed E-state index contributed by atoms with van der Waals surface area (Å²) in [4.78, 5) is 12.5. The highest BCUT2D eigenvalue weighted by Crippen LogP contribution is 2.21. The van der Waals surface area contributed by atoms with Gasteiger partial charge in [0.15, 0.2) is 0 Å². The molecule has 3 aromatic carbocycles. The minimum Gasteiger partial charge on any atom is -0.494 e. The van der Waals surface area contributed by atoms with E-state index in [9.17, 15) is 13.2 Å². The van der Waals surface area contributed by atoms with Crippen molar-refractivity contribution in [3.8, 4) is 11.5 Å². The minimum atomic E-state index is -3.77. The van der Waals surface area contributed by atoms with E-state index < -0.39 is 10.0 Å². The van der Waals surface area contributed by atoms with Crippen molar-refractivity contribution < 1.29 is 22.7 Å². The van der Waals surface area contributed by atoms with E-state index in [1.54, 1.807) is 60.7 Å². The van der Waals surface area contributed by atoms with Crippen molar-refractivity contribution in [2.45, 2.75) is 25.2 Å². The Morgan fingerprint density at radius 1 is 0.781 bits per heavy atom. The zero-order valence-corrected chi connectivity index (χ0v) is 18.8. The monoisotopic (exact) mass is 454 g/mol. The van der Waals surface area contributed by atoms with Crippen LogP contribution in [0.15, 0.2) is 77.7 Å². The quantitative estimate of drug-likeness (QED) is 0.453. The third-order valence-corrected chi connectivity index (χ3v) is 5.83. The van der Waals surface area contributed by atoms with Crippen molar-refractivity contribution in [3.63, 3.8) is 0 Å². The average Bonchev–Trinajstić information content (AvgIpc) is 2.79. The summed E-state index contributed by atoms with van der Waals surface area (Å²) in [5.41, 5.74) is 1.39. The first-order chi connectivity index (χ1) is 15.4. The smallest absolute Gasteiger partial charge is 0.261 e. The molecule has 0 radical (unpaired) electrons. The molecule has 0 saturated carbocycles. The van der Waals surface area contributed by atoms with Gasteiger partial charge in [0.25, 0.3) is 15.9 Å². The third kappa shape index (κ3) is 6.24. The summed E-state index contributed by atoms with van der Waals surface area (Å²) in [6, 6.07) is 19.5. The second-order valence-corrected chi connectivity index (χ2v) is 8.60. The number of benzene rings is 3. The van der Waals surface area contributed by atoms with Crippen LogP contribution in [0.1, 0.15) is 30.6 Å². The highest BCUT2D eigenvalue weighted by atomic mass is 32.2.